The molecule has 0 aromatic heterocycles. The maximum atomic E-state index is 11.0. The van der Waals surface area contributed by atoms with Crippen molar-refractivity contribution in [1.82, 2.24) is 0 Å². The normalized spacial score (nSPS) is 27.0. The second kappa shape index (κ2) is 5.78. The summed E-state index contributed by atoms with van der Waals surface area (Å²) < 4.78 is 5.84. The average molecular weight is 284 g/mol. The summed E-state index contributed by atoms with van der Waals surface area (Å²) in [5, 5.41) is 11.4. The third-order valence-corrected chi connectivity index (χ3v) is 3.78. The number of hydrogen-bond donors (Lipinski definition) is 0. The third kappa shape index (κ3) is 3.60. The van der Waals surface area contributed by atoms with Gasteiger partial charge in [0.25, 0.3) is 0 Å². The Hall–Kier alpha value is -1.29. The zero-order valence-electron chi connectivity index (χ0n) is 11.1. The molecule has 5 heteroatoms. The van der Waals surface area contributed by atoms with Crippen LogP contribution in [0.3, 0.4) is 0 Å². The van der Waals surface area contributed by atoms with Crippen LogP contribution < -0.4 is 4.74 Å². The molecule has 0 aliphatic heterocycles. The van der Waals surface area contributed by atoms with Crippen molar-refractivity contribution in [3.05, 3.63) is 33.3 Å². The van der Waals surface area contributed by atoms with E-state index in [1.54, 1.807) is 0 Å². The smallest absolute Gasteiger partial charge is 0.311 e. The number of hydrogen-bond acceptors (Lipinski definition) is 3. The summed E-state index contributed by atoms with van der Waals surface area (Å²) in [6.45, 7) is 4.39. The Morgan fingerprint density at radius 2 is 1.89 bits per heavy atom. The molecule has 1 saturated carbocycles. The second-order valence-corrected chi connectivity index (χ2v) is 5.96. The molecule has 0 N–H and O–H groups in total. The van der Waals surface area contributed by atoms with Gasteiger partial charge in [-0.3, -0.25) is 10.1 Å². The van der Waals surface area contributed by atoms with Gasteiger partial charge in [0.15, 0.2) is 5.75 Å². The van der Waals surface area contributed by atoms with Crippen molar-refractivity contribution in [1.29, 1.82) is 0 Å². The maximum absolute atomic E-state index is 11.0. The predicted molar refractivity (Wildman–Crippen MR) is 74.7 cm³/mol. The van der Waals surface area contributed by atoms with Gasteiger partial charge in [-0.1, -0.05) is 25.4 Å². The molecule has 19 heavy (non-hydrogen) atoms. The van der Waals surface area contributed by atoms with Crippen LogP contribution in [-0.2, 0) is 0 Å². The van der Waals surface area contributed by atoms with Crippen LogP contribution in [0.5, 0.6) is 5.75 Å². The summed E-state index contributed by atoms with van der Waals surface area (Å²) in [5.74, 6) is 1.46. The van der Waals surface area contributed by atoms with Crippen molar-refractivity contribution < 1.29 is 9.66 Å². The highest BCUT2D eigenvalue weighted by molar-refractivity contribution is 6.30. The Balaban J connectivity index is 2.18. The van der Waals surface area contributed by atoms with E-state index in [2.05, 4.69) is 13.8 Å². The van der Waals surface area contributed by atoms with Gasteiger partial charge in [0.2, 0.25) is 0 Å². The zero-order chi connectivity index (χ0) is 14.0. The van der Waals surface area contributed by atoms with E-state index < -0.39 is 4.92 Å². The number of ether oxygens (including phenoxy) is 1. The molecule has 0 heterocycles. The first-order chi connectivity index (χ1) is 8.95. The number of nitro benzene ring substituents is 1. The summed E-state index contributed by atoms with van der Waals surface area (Å²) in [6, 6.07) is 4.44. The van der Waals surface area contributed by atoms with Crippen LogP contribution in [-0.4, -0.2) is 11.0 Å². The number of nitro groups is 1. The van der Waals surface area contributed by atoms with Crippen LogP contribution in [0.15, 0.2) is 18.2 Å². The first-order valence-electron chi connectivity index (χ1n) is 6.56. The highest BCUT2D eigenvalue weighted by Gasteiger charge is 2.27. The Kier molecular flexibility index (Phi) is 4.30. The lowest BCUT2D eigenvalue weighted by atomic mass is 9.82. The monoisotopic (exact) mass is 283 g/mol. The van der Waals surface area contributed by atoms with E-state index in [9.17, 15) is 10.1 Å². The average Bonchev–Trinajstić information content (AvgIpc) is 2.26. The van der Waals surface area contributed by atoms with Crippen molar-refractivity contribution in [3.63, 3.8) is 0 Å². The SMILES string of the molecule is CC1CC(C)CC(Oc2cc(Cl)ccc2[N+](=O)[O-])C1. The summed E-state index contributed by atoms with van der Waals surface area (Å²) in [6.07, 6.45) is 3.11. The summed E-state index contributed by atoms with van der Waals surface area (Å²) in [7, 11) is 0. The lowest BCUT2D eigenvalue weighted by Crippen LogP contribution is -2.28. The van der Waals surface area contributed by atoms with Crippen LogP contribution in [0.4, 0.5) is 5.69 Å². The van der Waals surface area contributed by atoms with E-state index in [1.165, 1.54) is 24.6 Å². The standard InChI is InChI=1S/C14H18ClNO3/c1-9-5-10(2)7-12(6-9)19-14-8-11(15)3-4-13(14)16(17)18/h3-4,8-10,12H,5-7H2,1-2H3. The molecule has 2 atom stereocenters. The van der Waals surface area contributed by atoms with Crippen LogP contribution in [0.25, 0.3) is 0 Å². The van der Waals surface area contributed by atoms with Gasteiger partial charge in [-0.15, -0.1) is 0 Å². The molecule has 2 rings (SSSR count). The molecule has 0 amide bonds. The first kappa shape index (κ1) is 14.1. The molecule has 1 aliphatic carbocycles. The van der Waals surface area contributed by atoms with Gasteiger partial charge in [0, 0.05) is 17.2 Å². The molecule has 1 aromatic carbocycles. The summed E-state index contributed by atoms with van der Waals surface area (Å²) in [4.78, 5) is 10.6. The highest BCUT2D eigenvalue weighted by atomic mass is 35.5. The van der Waals surface area contributed by atoms with Crippen LogP contribution >= 0.6 is 11.6 Å². The molecule has 1 aromatic rings. The van der Waals surface area contributed by atoms with Crippen molar-refractivity contribution in [2.75, 3.05) is 0 Å². The van der Waals surface area contributed by atoms with Crippen molar-refractivity contribution >= 4 is 17.3 Å². The number of nitrogens with zero attached hydrogens (tertiary/aromatic N) is 1. The quantitative estimate of drug-likeness (QED) is 0.608. The van der Waals surface area contributed by atoms with E-state index in [4.69, 9.17) is 16.3 Å². The lowest BCUT2D eigenvalue weighted by Gasteiger charge is -2.31. The minimum absolute atomic E-state index is 0.0183. The fourth-order valence-corrected chi connectivity index (χ4v) is 3.04. The van der Waals surface area contributed by atoms with Gasteiger partial charge in [-0.05, 0) is 37.2 Å². The second-order valence-electron chi connectivity index (χ2n) is 5.53. The topological polar surface area (TPSA) is 52.4 Å². The summed E-state index contributed by atoms with van der Waals surface area (Å²) in [5.41, 5.74) is -0.0183. The number of benzene rings is 1. The zero-order valence-corrected chi connectivity index (χ0v) is 11.9. The Labute approximate surface area is 117 Å². The highest BCUT2D eigenvalue weighted by Crippen LogP contribution is 2.35. The molecule has 0 spiro atoms. The molecular formula is C14H18ClNO3. The van der Waals surface area contributed by atoms with Crippen molar-refractivity contribution in [2.24, 2.45) is 11.8 Å². The maximum Gasteiger partial charge on any atom is 0.311 e. The van der Waals surface area contributed by atoms with E-state index in [-0.39, 0.29) is 17.5 Å². The van der Waals surface area contributed by atoms with Gasteiger partial charge in [-0.2, -0.15) is 0 Å². The van der Waals surface area contributed by atoms with Crippen LogP contribution in [0.2, 0.25) is 5.02 Å². The molecule has 1 aliphatic rings. The molecule has 2 unspecified atom stereocenters. The largest absolute Gasteiger partial charge is 0.483 e. The number of halogens is 1. The fraction of sp³-hybridized carbons (Fsp3) is 0.571. The van der Waals surface area contributed by atoms with Crippen molar-refractivity contribution in [2.45, 2.75) is 39.2 Å². The molecular weight excluding hydrogens is 266 g/mol. The van der Waals surface area contributed by atoms with Crippen molar-refractivity contribution in [3.8, 4) is 5.75 Å². The van der Waals surface area contributed by atoms with E-state index in [0.29, 0.717) is 16.9 Å². The van der Waals surface area contributed by atoms with Crippen LogP contribution in [0, 0.1) is 22.0 Å². The molecule has 1 fully saturated rings. The molecule has 0 radical (unpaired) electrons. The van der Waals surface area contributed by atoms with Gasteiger partial charge in [0.05, 0.1) is 11.0 Å². The fourth-order valence-electron chi connectivity index (χ4n) is 2.88. The minimum Gasteiger partial charge on any atom is -0.483 e. The van der Waals surface area contributed by atoms with Gasteiger partial charge >= 0.3 is 5.69 Å². The molecule has 4 nitrogen and oxygen atoms in total. The van der Waals surface area contributed by atoms with Crippen LogP contribution in [0.1, 0.15) is 33.1 Å². The van der Waals surface area contributed by atoms with Gasteiger partial charge in [-0.25, -0.2) is 0 Å². The molecule has 0 saturated heterocycles. The Morgan fingerprint density at radius 3 is 2.47 bits per heavy atom. The Morgan fingerprint density at radius 1 is 1.26 bits per heavy atom. The molecule has 104 valence electrons. The van der Waals surface area contributed by atoms with E-state index in [0.717, 1.165) is 12.8 Å². The van der Waals surface area contributed by atoms with E-state index >= 15 is 0 Å². The minimum atomic E-state index is -0.429. The summed E-state index contributed by atoms with van der Waals surface area (Å²) >= 11 is 5.89. The lowest BCUT2D eigenvalue weighted by molar-refractivity contribution is -0.386. The Bertz CT molecular complexity index is 468. The third-order valence-electron chi connectivity index (χ3n) is 3.55. The first-order valence-corrected chi connectivity index (χ1v) is 6.94. The van der Waals surface area contributed by atoms with E-state index in [1.807, 2.05) is 0 Å². The van der Waals surface area contributed by atoms with Gasteiger partial charge < -0.3 is 4.74 Å². The molecule has 0 bridgehead atoms. The predicted octanol–water partition coefficient (Wildman–Crippen LogP) is 4.45. The number of rotatable bonds is 3. The van der Waals surface area contributed by atoms with Gasteiger partial charge in [0.1, 0.15) is 0 Å².